The van der Waals surface area contributed by atoms with Crippen molar-refractivity contribution in [1.82, 2.24) is 25.5 Å². The molecule has 4 rings (SSSR count). The smallest absolute Gasteiger partial charge is 0.226 e. The molecule has 0 radical (unpaired) electrons. The fourth-order valence-corrected chi connectivity index (χ4v) is 5.47. The van der Waals surface area contributed by atoms with Gasteiger partial charge in [0.05, 0.1) is 16.6 Å². The molecule has 1 aromatic heterocycles. The molecule has 7 nitrogen and oxygen atoms in total. The van der Waals surface area contributed by atoms with Crippen LogP contribution in [0.15, 0.2) is 24.5 Å². The van der Waals surface area contributed by atoms with Crippen LogP contribution >= 0.6 is 0 Å². The molecule has 0 spiro atoms. The second kappa shape index (κ2) is 8.76. The molecule has 2 fully saturated rings. The molecule has 2 N–H and O–H groups in total. The van der Waals surface area contributed by atoms with Crippen molar-refractivity contribution in [3.8, 4) is 6.07 Å². The summed E-state index contributed by atoms with van der Waals surface area (Å²) in [6, 6.07) is 5.99. The number of benzene rings is 1. The van der Waals surface area contributed by atoms with Crippen LogP contribution in [0.25, 0.3) is 11.0 Å². The third kappa shape index (κ3) is 4.10. The molecule has 2 saturated heterocycles. The van der Waals surface area contributed by atoms with E-state index in [0.717, 1.165) is 44.5 Å². The average Bonchev–Trinajstić information content (AvgIpc) is 2.78. The third-order valence-corrected chi connectivity index (χ3v) is 7.55. The van der Waals surface area contributed by atoms with Gasteiger partial charge in [0.25, 0.3) is 0 Å². The molecular formula is C25H34N6O. The van der Waals surface area contributed by atoms with Gasteiger partial charge in [0.15, 0.2) is 0 Å². The van der Waals surface area contributed by atoms with Crippen molar-refractivity contribution in [3.63, 3.8) is 0 Å². The first-order valence-corrected chi connectivity index (χ1v) is 11.6. The number of amides is 1. The highest BCUT2D eigenvalue weighted by atomic mass is 16.2. The number of nitrogens with one attached hydrogen (secondary N) is 2. The fraction of sp³-hybridized carbons (Fsp3) is 0.600. The first-order chi connectivity index (χ1) is 15.3. The summed E-state index contributed by atoms with van der Waals surface area (Å²) in [5.41, 5.74) is 1.66. The summed E-state index contributed by atoms with van der Waals surface area (Å²) < 4.78 is 0. The molecule has 2 atom stereocenters. The Labute approximate surface area is 190 Å². The zero-order chi connectivity index (χ0) is 22.9. The van der Waals surface area contributed by atoms with E-state index >= 15 is 0 Å². The lowest BCUT2D eigenvalue weighted by atomic mass is 9.71. The fourth-order valence-electron chi connectivity index (χ4n) is 5.47. The van der Waals surface area contributed by atoms with Crippen LogP contribution in [-0.4, -0.2) is 54.0 Å². The van der Waals surface area contributed by atoms with Crippen molar-refractivity contribution in [2.24, 2.45) is 17.3 Å². The lowest BCUT2D eigenvalue weighted by molar-refractivity contribution is -0.136. The van der Waals surface area contributed by atoms with Crippen LogP contribution in [0.2, 0.25) is 0 Å². The Morgan fingerprint density at radius 3 is 2.59 bits per heavy atom. The molecule has 0 aliphatic carbocycles. The highest BCUT2D eigenvalue weighted by Crippen LogP contribution is 2.39. The molecule has 2 aromatic rings. The van der Waals surface area contributed by atoms with Crippen LogP contribution in [-0.2, 0) is 10.3 Å². The Kier molecular flexibility index (Phi) is 6.19. The van der Waals surface area contributed by atoms with E-state index in [0.29, 0.717) is 35.0 Å². The van der Waals surface area contributed by atoms with Gasteiger partial charge in [-0.15, -0.1) is 0 Å². The zero-order valence-corrected chi connectivity index (χ0v) is 19.6. The normalized spacial score (nSPS) is 25.4. The summed E-state index contributed by atoms with van der Waals surface area (Å²) >= 11 is 0. The number of rotatable bonds is 4. The van der Waals surface area contributed by atoms with E-state index < -0.39 is 11.0 Å². The molecule has 2 aliphatic rings. The van der Waals surface area contributed by atoms with Gasteiger partial charge in [-0.2, -0.15) is 5.26 Å². The number of fused-ring (bicyclic) bond motifs is 1. The zero-order valence-electron chi connectivity index (χ0n) is 19.6. The van der Waals surface area contributed by atoms with Gasteiger partial charge in [-0.3, -0.25) is 14.8 Å². The van der Waals surface area contributed by atoms with Crippen LogP contribution in [0.1, 0.15) is 51.2 Å². The highest BCUT2D eigenvalue weighted by Gasteiger charge is 2.45. The summed E-state index contributed by atoms with van der Waals surface area (Å²) in [5, 5.41) is 16.6. The lowest BCUT2D eigenvalue weighted by Crippen LogP contribution is -2.60. The summed E-state index contributed by atoms with van der Waals surface area (Å²) in [6.45, 7) is 9.97. The van der Waals surface area contributed by atoms with E-state index in [1.54, 1.807) is 12.4 Å². The Balaban J connectivity index is 1.73. The van der Waals surface area contributed by atoms with Gasteiger partial charge in [0.1, 0.15) is 11.6 Å². The van der Waals surface area contributed by atoms with Gasteiger partial charge in [0, 0.05) is 29.9 Å². The minimum Gasteiger partial charge on any atom is -0.345 e. The number of aromatic nitrogens is 2. The van der Waals surface area contributed by atoms with E-state index in [2.05, 4.69) is 59.4 Å². The number of hydrogen-bond donors (Lipinski definition) is 2. The van der Waals surface area contributed by atoms with E-state index in [4.69, 9.17) is 0 Å². The van der Waals surface area contributed by atoms with Crippen LogP contribution in [0.4, 0.5) is 0 Å². The molecule has 0 unspecified atom stereocenters. The van der Waals surface area contributed by atoms with Gasteiger partial charge in [-0.1, -0.05) is 26.8 Å². The maximum Gasteiger partial charge on any atom is 0.226 e. The van der Waals surface area contributed by atoms with Crippen LogP contribution in [0.3, 0.4) is 0 Å². The Hall–Kier alpha value is -2.56. The standard InChI is InChI=1S/C25H34N6O/c1-17-13-25(16-27-15-17,20-6-5-18(14-26)21-22(20)29-10-9-28-21)30-23(32)24(2,3)19-7-11-31(4)12-8-19/h5-6,9-10,17,19,27H,7-8,11-13,15-16H2,1-4H3,(H,30,32)/t17-,25-/m0/s1. The monoisotopic (exact) mass is 434 g/mol. The number of carbonyl (C=O) groups excluding carboxylic acids is 1. The van der Waals surface area contributed by atoms with Crippen molar-refractivity contribution in [2.75, 3.05) is 33.2 Å². The first kappa shape index (κ1) is 22.6. The summed E-state index contributed by atoms with van der Waals surface area (Å²) in [5.74, 6) is 0.824. The van der Waals surface area contributed by atoms with Gasteiger partial charge >= 0.3 is 0 Å². The van der Waals surface area contributed by atoms with Crippen molar-refractivity contribution in [3.05, 3.63) is 35.7 Å². The SMILES string of the molecule is C[C@@H]1CNC[C@](NC(=O)C(C)(C)C2CCN(C)CC2)(c2ccc(C#N)c3nccnc23)C1. The minimum absolute atomic E-state index is 0.0874. The molecule has 32 heavy (non-hydrogen) atoms. The molecule has 1 amide bonds. The second-order valence-electron chi connectivity index (χ2n) is 10.3. The van der Waals surface area contributed by atoms with E-state index in [1.807, 2.05) is 12.1 Å². The summed E-state index contributed by atoms with van der Waals surface area (Å²) in [6.07, 6.45) is 6.15. The summed E-state index contributed by atoms with van der Waals surface area (Å²) in [7, 11) is 2.14. The van der Waals surface area contributed by atoms with Crippen molar-refractivity contribution >= 4 is 16.9 Å². The number of likely N-dealkylation sites (tertiary alicyclic amines) is 1. The number of piperidine rings is 2. The van der Waals surface area contributed by atoms with Crippen molar-refractivity contribution in [2.45, 2.75) is 45.6 Å². The Morgan fingerprint density at radius 2 is 1.94 bits per heavy atom. The number of nitrogens with zero attached hydrogens (tertiary/aromatic N) is 4. The van der Waals surface area contributed by atoms with Crippen LogP contribution < -0.4 is 10.6 Å². The molecular weight excluding hydrogens is 400 g/mol. The number of hydrogen-bond acceptors (Lipinski definition) is 6. The molecule has 3 heterocycles. The summed E-state index contributed by atoms with van der Waals surface area (Å²) in [4.78, 5) is 25.2. The number of nitriles is 1. The predicted molar refractivity (Wildman–Crippen MR) is 125 cm³/mol. The van der Waals surface area contributed by atoms with Crippen molar-refractivity contribution in [1.29, 1.82) is 5.26 Å². The number of carbonyl (C=O) groups is 1. The molecule has 2 aliphatic heterocycles. The first-order valence-electron chi connectivity index (χ1n) is 11.6. The molecule has 7 heteroatoms. The average molecular weight is 435 g/mol. The van der Waals surface area contributed by atoms with Gasteiger partial charge in [-0.25, -0.2) is 0 Å². The van der Waals surface area contributed by atoms with Gasteiger partial charge in [-0.05, 0) is 63.8 Å². The maximum absolute atomic E-state index is 13.8. The topological polar surface area (TPSA) is 93.9 Å². The highest BCUT2D eigenvalue weighted by molar-refractivity contribution is 5.87. The Bertz CT molecular complexity index is 1040. The second-order valence-corrected chi connectivity index (χ2v) is 10.3. The van der Waals surface area contributed by atoms with Crippen LogP contribution in [0, 0.1) is 28.6 Å². The molecule has 1 aromatic carbocycles. The molecule has 0 bridgehead atoms. The van der Waals surface area contributed by atoms with Gasteiger partial charge in [0.2, 0.25) is 5.91 Å². The largest absolute Gasteiger partial charge is 0.345 e. The van der Waals surface area contributed by atoms with E-state index in [9.17, 15) is 10.1 Å². The van der Waals surface area contributed by atoms with E-state index in [1.165, 1.54) is 0 Å². The Morgan fingerprint density at radius 1 is 1.25 bits per heavy atom. The van der Waals surface area contributed by atoms with Gasteiger partial charge < -0.3 is 15.5 Å². The van der Waals surface area contributed by atoms with Crippen molar-refractivity contribution < 1.29 is 4.79 Å². The minimum atomic E-state index is -0.597. The maximum atomic E-state index is 13.8. The lowest BCUT2D eigenvalue weighted by Gasteiger charge is -2.45. The predicted octanol–water partition coefficient (Wildman–Crippen LogP) is 2.81. The quantitative estimate of drug-likeness (QED) is 0.769. The molecule has 170 valence electrons. The third-order valence-electron chi connectivity index (χ3n) is 7.55. The molecule has 0 saturated carbocycles. The van der Waals surface area contributed by atoms with Crippen LogP contribution in [0.5, 0.6) is 0 Å². The van der Waals surface area contributed by atoms with E-state index in [-0.39, 0.29) is 5.91 Å².